The Morgan fingerprint density at radius 3 is 2.48 bits per heavy atom. The molecule has 1 aliphatic rings. The van der Waals surface area contributed by atoms with Crippen molar-refractivity contribution in [3.05, 3.63) is 0 Å². The molecule has 0 unspecified atom stereocenters. The van der Waals surface area contributed by atoms with Gasteiger partial charge in [0.25, 0.3) is 0 Å². The molecule has 1 fully saturated rings. The minimum atomic E-state index is -0.0557. The van der Waals surface area contributed by atoms with Gasteiger partial charge in [-0.15, -0.1) is 0 Å². The molecule has 1 saturated carbocycles. The van der Waals surface area contributed by atoms with Gasteiger partial charge >= 0.3 is 0 Å². The van der Waals surface area contributed by atoms with E-state index in [1.54, 1.807) is 7.11 Å². The maximum Gasteiger partial charge on any atom is 0.191 e. The van der Waals surface area contributed by atoms with Gasteiger partial charge in [-0.1, -0.05) is 26.2 Å². The molecule has 148 valence electrons. The highest BCUT2D eigenvalue weighted by Crippen LogP contribution is 2.32. The number of nitrogens with one attached hydrogen (secondary N) is 2. The Bertz CT molecular complexity index is 345. The second kappa shape index (κ2) is 14.3. The summed E-state index contributed by atoms with van der Waals surface area (Å²) in [6.45, 7) is 9.58. The van der Waals surface area contributed by atoms with Crippen molar-refractivity contribution >= 4 is 5.96 Å². The summed E-state index contributed by atoms with van der Waals surface area (Å²) in [6.07, 6.45) is 8.09. The zero-order valence-electron chi connectivity index (χ0n) is 16.6. The van der Waals surface area contributed by atoms with Crippen LogP contribution in [0.2, 0.25) is 0 Å². The van der Waals surface area contributed by atoms with Crippen LogP contribution in [0.1, 0.15) is 58.8 Å². The second-order valence-electron chi connectivity index (χ2n) is 6.67. The smallest absolute Gasteiger partial charge is 0.191 e. The lowest BCUT2D eigenvalue weighted by atomic mass is 9.84. The van der Waals surface area contributed by atoms with E-state index >= 15 is 0 Å². The van der Waals surface area contributed by atoms with E-state index in [-0.39, 0.29) is 5.60 Å². The van der Waals surface area contributed by atoms with Crippen LogP contribution in [-0.4, -0.2) is 64.7 Å². The summed E-state index contributed by atoms with van der Waals surface area (Å²) in [7, 11) is 1.69. The molecule has 6 nitrogen and oxygen atoms in total. The van der Waals surface area contributed by atoms with Crippen LogP contribution in [-0.2, 0) is 14.2 Å². The number of aliphatic imine (C=N–C) groups is 1. The Hall–Kier alpha value is -0.850. The molecule has 0 saturated heterocycles. The van der Waals surface area contributed by atoms with Crippen molar-refractivity contribution < 1.29 is 14.2 Å². The lowest BCUT2D eigenvalue weighted by Crippen LogP contribution is -2.42. The number of methoxy groups -OCH3 is 1. The van der Waals surface area contributed by atoms with E-state index < -0.39 is 0 Å². The Morgan fingerprint density at radius 1 is 1.00 bits per heavy atom. The molecule has 0 spiro atoms. The first-order chi connectivity index (χ1) is 12.3. The highest BCUT2D eigenvalue weighted by atomic mass is 16.5. The zero-order valence-corrected chi connectivity index (χ0v) is 16.6. The maximum atomic E-state index is 6.23. The molecule has 0 bridgehead atoms. The summed E-state index contributed by atoms with van der Waals surface area (Å²) in [4.78, 5) is 4.82. The van der Waals surface area contributed by atoms with Crippen LogP contribution >= 0.6 is 0 Å². The molecule has 25 heavy (non-hydrogen) atoms. The summed E-state index contributed by atoms with van der Waals surface area (Å²) < 4.78 is 16.7. The van der Waals surface area contributed by atoms with E-state index in [4.69, 9.17) is 19.2 Å². The highest BCUT2D eigenvalue weighted by Gasteiger charge is 2.32. The molecule has 2 N–H and O–H groups in total. The molecule has 1 aliphatic carbocycles. The summed E-state index contributed by atoms with van der Waals surface area (Å²) >= 11 is 0. The van der Waals surface area contributed by atoms with Crippen LogP contribution in [0, 0.1) is 0 Å². The lowest BCUT2D eigenvalue weighted by molar-refractivity contribution is -0.0624. The van der Waals surface area contributed by atoms with Crippen LogP contribution in [0.25, 0.3) is 0 Å². The van der Waals surface area contributed by atoms with E-state index in [1.165, 1.54) is 19.3 Å². The maximum absolute atomic E-state index is 6.23. The molecule has 0 atom stereocenters. The Balaban J connectivity index is 2.40. The van der Waals surface area contributed by atoms with Gasteiger partial charge in [-0.25, -0.2) is 0 Å². The molecule has 0 aromatic carbocycles. The molecule has 1 rings (SSSR count). The first-order valence-electron chi connectivity index (χ1n) is 9.99. The molecule has 0 heterocycles. The van der Waals surface area contributed by atoms with Gasteiger partial charge in [-0.3, -0.25) is 4.99 Å². The predicted octanol–water partition coefficient (Wildman–Crippen LogP) is 2.72. The van der Waals surface area contributed by atoms with E-state index in [2.05, 4.69) is 24.5 Å². The van der Waals surface area contributed by atoms with Crippen molar-refractivity contribution in [2.45, 2.75) is 64.4 Å². The average molecular weight is 358 g/mol. The van der Waals surface area contributed by atoms with E-state index in [1.807, 2.05) is 0 Å². The summed E-state index contributed by atoms with van der Waals surface area (Å²) in [5.74, 6) is 0.879. The molecular formula is C19H39N3O3. The summed E-state index contributed by atoms with van der Waals surface area (Å²) in [5, 5.41) is 6.73. The molecule has 0 aromatic heterocycles. The van der Waals surface area contributed by atoms with Gasteiger partial charge in [0.05, 0.1) is 25.4 Å². The Labute approximate surface area is 154 Å². The van der Waals surface area contributed by atoms with Crippen molar-refractivity contribution in [3.8, 4) is 0 Å². The summed E-state index contributed by atoms with van der Waals surface area (Å²) in [6, 6.07) is 0. The third kappa shape index (κ3) is 10.0. The normalized spacial score (nSPS) is 17.5. The monoisotopic (exact) mass is 357 g/mol. The lowest BCUT2D eigenvalue weighted by Gasteiger charge is -2.36. The van der Waals surface area contributed by atoms with Crippen molar-refractivity contribution in [2.75, 3.05) is 53.2 Å². The number of rotatable bonds is 13. The molecule has 6 heteroatoms. The highest BCUT2D eigenvalue weighted by molar-refractivity contribution is 5.79. The van der Waals surface area contributed by atoms with Crippen LogP contribution in [0.5, 0.6) is 0 Å². The zero-order chi connectivity index (χ0) is 18.2. The van der Waals surface area contributed by atoms with Crippen molar-refractivity contribution in [1.82, 2.24) is 10.6 Å². The van der Waals surface area contributed by atoms with Crippen molar-refractivity contribution in [3.63, 3.8) is 0 Å². The number of nitrogens with zero attached hydrogens (tertiary/aromatic N) is 1. The fraction of sp³-hybridized carbons (Fsp3) is 0.947. The van der Waals surface area contributed by atoms with E-state index in [9.17, 15) is 0 Å². The van der Waals surface area contributed by atoms with Gasteiger partial charge in [0, 0.05) is 33.4 Å². The van der Waals surface area contributed by atoms with Gasteiger partial charge in [0.2, 0.25) is 0 Å². The topological polar surface area (TPSA) is 64.1 Å². The largest absolute Gasteiger partial charge is 0.382 e. The minimum Gasteiger partial charge on any atom is -0.382 e. The molecular weight excluding hydrogens is 318 g/mol. The Morgan fingerprint density at radius 2 is 1.80 bits per heavy atom. The first-order valence-corrected chi connectivity index (χ1v) is 9.99. The molecule has 0 radical (unpaired) electrons. The quantitative estimate of drug-likeness (QED) is 0.301. The van der Waals surface area contributed by atoms with Crippen LogP contribution in [0.4, 0.5) is 0 Å². The van der Waals surface area contributed by atoms with Crippen LogP contribution in [0.15, 0.2) is 4.99 Å². The van der Waals surface area contributed by atoms with Gasteiger partial charge < -0.3 is 24.8 Å². The third-order valence-electron chi connectivity index (χ3n) is 4.44. The van der Waals surface area contributed by atoms with Gasteiger partial charge in [0.15, 0.2) is 5.96 Å². The van der Waals surface area contributed by atoms with Crippen molar-refractivity contribution in [1.29, 1.82) is 0 Å². The SMILES string of the molecule is CCCOC1(CN=C(NCC)NCCCOCCOC)CCCCC1. The average Bonchev–Trinajstić information content (AvgIpc) is 2.64. The Kier molecular flexibility index (Phi) is 12.7. The van der Waals surface area contributed by atoms with E-state index in [0.29, 0.717) is 13.2 Å². The third-order valence-corrected chi connectivity index (χ3v) is 4.44. The van der Waals surface area contributed by atoms with Crippen LogP contribution in [0.3, 0.4) is 0 Å². The predicted molar refractivity (Wildman–Crippen MR) is 103 cm³/mol. The van der Waals surface area contributed by atoms with Gasteiger partial charge in [-0.05, 0) is 32.6 Å². The molecule has 0 aliphatic heterocycles. The van der Waals surface area contributed by atoms with E-state index in [0.717, 1.165) is 64.5 Å². The van der Waals surface area contributed by atoms with Gasteiger partial charge in [0.1, 0.15) is 0 Å². The fourth-order valence-corrected chi connectivity index (χ4v) is 3.05. The number of hydrogen-bond acceptors (Lipinski definition) is 4. The number of guanidine groups is 1. The first kappa shape index (κ1) is 22.2. The standard InChI is InChI=1S/C19H39N3O3/c1-4-13-25-19(10-7-6-8-11-19)17-22-18(20-5-2)21-12-9-14-24-16-15-23-3/h4-17H2,1-3H3,(H2,20,21,22). The number of hydrogen-bond donors (Lipinski definition) is 2. The summed E-state index contributed by atoms with van der Waals surface area (Å²) in [5.41, 5.74) is -0.0557. The minimum absolute atomic E-state index is 0.0557. The molecule has 0 aromatic rings. The second-order valence-corrected chi connectivity index (χ2v) is 6.67. The number of ether oxygens (including phenoxy) is 3. The van der Waals surface area contributed by atoms with Crippen molar-refractivity contribution in [2.24, 2.45) is 4.99 Å². The van der Waals surface area contributed by atoms with Crippen LogP contribution < -0.4 is 10.6 Å². The fourth-order valence-electron chi connectivity index (χ4n) is 3.05. The van der Waals surface area contributed by atoms with Gasteiger partial charge in [-0.2, -0.15) is 0 Å². The molecule has 0 amide bonds.